The van der Waals surface area contributed by atoms with Crippen molar-refractivity contribution in [2.24, 2.45) is 17.3 Å². The lowest BCUT2D eigenvalue weighted by Gasteiger charge is -2.34. The second-order valence-electron chi connectivity index (χ2n) is 13.8. The fourth-order valence-corrected chi connectivity index (χ4v) is 7.96. The Bertz CT molecular complexity index is 1350. The third-order valence-corrected chi connectivity index (χ3v) is 10.8. The number of carbonyl (C=O) groups is 1. The molecule has 2 aliphatic carbocycles. The smallest absolute Gasteiger partial charge is 0.175 e. The number of benzene rings is 1. The van der Waals surface area contributed by atoms with Crippen LogP contribution in [0.15, 0.2) is 54.1 Å². The zero-order valence-corrected chi connectivity index (χ0v) is 26.4. The SMILES string of the molecule is CC(CC[C@H](CCCC1=CCCC(F)CC1)c1ccccc1)C(=O)c1cc2cc3c(nc2s1)CC[C@H](C(C)(C)C)C3. The van der Waals surface area contributed by atoms with Crippen molar-refractivity contribution in [2.45, 2.75) is 117 Å². The molecule has 0 fully saturated rings. The number of carbonyl (C=O) groups excluding carboxylic acids is 1. The van der Waals surface area contributed by atoms with Crippen molar-refractivity contribution in [3.63, 3.8) is 0 Å². The number of hydrogen-bond acceptors (Lipinski definition) is 3. The van der Waals surface area contributed by atoms with Gasteiger partial charge in [-0.15, -0.1) is 11.3 Å². The molecule has 2 aromatic heterocycles. The molecule has 3 aromatic rings. The summed E-state index contributed by atoms with van der Waals surface area (Å²) in [6.07, 6.45) is 13.3. The van der Waals surface area contributed by atoms with Gasteiger partial charge >= 0.3 is 0 Å². The van der Waals surface area contributed by atoms with E-state index in [9.17, 15) is 9.18 Å². The van der Waals surface area contributed by atoms with Crippen molar-refractivity contribution >= 4 is 27.3 Å². The van der Waals surface area contributed by atoms with Crippen molar-refractivity contribution in [1.29, 1.82) is 0 Å². The van der Waals surface area contributed by atoms with Gasteiger partial charge in [0, 0.05) is 17.0 Å². The molecule has 4 atom stereocenters. The highest BCUT2D eigenvalue weighted by Gasteiger charge is 2.30. The number of fused-ring (bicyclic) bond motifs is 2. The number of halogens is 1. The minimum Gasteiger partial charge on any atom is -0.293 e. The molecular formula is C37H48FNOS. The Labute approximate surface area is 250 Å². The van der Waals surface area contributed by atoms with Gasteiger partial charge in [0.15, 0.2) is 5.78 Å². The van der Waals surface area contributed by atoms with Crippen LogP contribution in [0.25, 0.3) is 10.2 Å². The average molecular weight is 574 g/mol. The lowest BCUT2D eigenvalue weighted by molar-refractivity contribution is 0.0925. The number of pyridine rings is 1. The molecule has 4 heteroatoms. The number of aromatic nitrogens is 1. The largest absolute Gasteiger partial charge is 0.293 e. The number of thiophene rings is 1. The van der Waals surface area contributed by atoms with Crippen molar-refractivity contribution < 1.29 is 9.18 Å². The number of ketones is 1. The van der Waals surface area contributed by atoms with Crippen molar-refractivity contribution in [3.8, 4) is 0 Å². The Morgan fingerprint density at radius 1 is 1.05 bits per heavy atom. The maximum Gasteiger partial charge on any atom is 0.175 e. The van der Waals surface area contributed by atoms with Gasteiger partial charge in [-0.3, -0.25) is 4.79 Å². The van der Waals surface area contributed by atoms with Crippen LogP contribution in [0.4, 0.5) is 4.39 Å². The standard InChI is InChI=1S/C37H48FNOS/c1-25(16-18-28(27-12-6-5-7-13-27)14-8-10-26-11-9-15-32(38)20-17-26)35(40)34-24-30-22-29-23-31(37(2,3)4)19-21-33(29)39-36(30)41-34/h5-7,11-13,22,24-25,28,31-32H,8-10,14-21,23H2,1-4H3/t25?,28-,31-,32?/m0/s1. The van der Waals surface area contributed by atoms with E-state index in [0.29, 0.717) is 30.1 Å². The summed E-state index contributed by atoms with van der Waals surface area (Å²) in [5.41, 5.74) is 5.73. The van der Waals surface area contributed by atoms with Gasteiger partial charge in [0.25, 0.3) is 0 Å². The molecule has 0 aliphatic heterocycles. The maximum absolute atomic E-state index is 13.8. The van der Waals surface area contributed by atoms with Gasteiger partial charge in [0.2, 0.25) is 0 Å². The number of hydrogen-bond donors (Lipinski definition) is 0. The van der Waals surface area contributed by atoms with Crippen LogP contribution in [-0.2, 0) is 12.8 Å². The second-order valence-corrected chi connectivity index (χ2v) is 14.9. The summed E-state index contributed by atoms with van der Waals surface area (Å²) in [5.74, 6) is 1.37. The van der Waals surface area contributed by atoms with E-state index in [-0.39, 0.29) is 11.7 Å². The molecule has 220 valence electrons. The number of aryl methyl sites for hydroxylation is 1. The topological polar surface area (TPSA) is 30.0 Å². The number of rotatable bonds is 10. The van der Waals surface area contributed by atoms with E-state index in [2.05, 4.69) is 76.2 Å². The van der Waals surface area contributed by atoms with Gasteiger partial charge in [0.05, 0.1) is 4.88 Å². The molecule has 41 heavy (non-hydrogen) atoms. The Morgan fingerprint density at radius 3 is 2.63 bits per heavy atom. The zero-order valence-electron chi connectivity index (χ0n) is 25.6. The molecule has 1 aromatic carbocycles. The number of Topliss-reactive ketones (excluding diaryl/α,β-unsaturated/α-hetero) is 1. The minimum atomic E-state index is -0.636. The molecule has 0 amide bonds. The normalized spacial score (nSPS) is 21.1. The molecule has 0 spiro atoms. The van der Waals surface area contributed by atoms with Crippen molar-refractivity contribution in [1.82, 2.24) is 4.98 Å². The summed E-state index contributed by atoms with van der Waals surface area (Å²) in [5, 5.41) is 1.13. The van der Waals surface area contributed by atoms with Crippen molar-refractivity contribution in [3.05, 3.63) is 75.8 Å². The molecule has 0 bridgehead atoms. The number of alkyl halides is 1. The van der Waals surface area contributed by atoms with E-state index >= 15 is 0 Å². The first-order valence-electron chi connectivity index (χ1n) is 16.0. The highest BCUT2D eigenvalue weighted by molar-refractivity contribution is 7.20. The lowest BCUT2D eigenvalue weighted by Crippen LogP contribution is -2.27. The van der Waals surface area contributed by atoms with E-state index < -0.39 is 6.17 Å². The molecule has 5 rings (SSSR count). The van der Waals surface area contributed by atoms with Gasteiger partial charge in [-0.2, -0.15) is 0 Å². The molecule has 0 N–H and O–H groups in total. The van der Waals surface area contributed by atoms with Gasteiger partial charge in [-0.1, -0.05) is 69.7 Å². The Hall–Kier alpha value is -2.33. The van der Waals surface area contributed by atoms with Crippen LogP contribution in [-0.4, -0.2) is 16.9 Å². The monoisotopic (exact) mass is 573 g/mol. The maximum atomic E-state index is 13.8. The molecule has 2 aliphatic rings. The Morgan fingerprint density at radius 2 is 1.85 bits per heavy atom. The third-order valence-electron chi connectivity index (χ3n) is 9.75. The molecule has 0 saturated heterocycles. The predicted octanol–water partition coefficient (Wildman–Crippen LogP) is 10.8. The van der Waals surface area contributed by atoms with Gasteiger partial charge in [0.1, 0.15) is 11.0 Å². The summed E-state index contributed by atoms with van der Waals surface area (Å²) in [4.78, 5) is 20.5. The van der Waals surface area contributed by atoms with Crippen LogP contribution >= 0.6 is 11.3 Å². The predicted molar refractivity (Wildman–Crippen MR) is 172 cm³/mol. The van der Waals surface area contributed by atoms with Crippen LogP contribution in [0.1, 0.15) is 124 Å². The van der Waals surface area contributed by atoms with Gasteiger partial charge in [-0.25, -0.2) is 9.37 Å². The number of nitrogens with zero attached hydrogens (tertiary/aromatic N) is 1. The van der Waals surface area contributed by atoms with Gasteiger partial charge in [-0.05, 0) is 118 Å². The van der Waals surface area contributed by atoms with E-state index in [1.807, 2.05) is 0 Å². The first-order valence-corrected chi connectivity index (χ1v) is 16.8. The lowest BCUT2D eigenvalue weighted by atomic mass is 9.71. The quantitative estimate of drug-likeness (QED) is 0.178. The summed E-state index contributed by atoms with van der Waals surface area (Å²) in [6.45, 7) is 9.14. The van der Waals surface area contributed by atoms with Crippen LogP contribution in [0.3, 0.4) is 0 Å². The fraction of sp³-hybridized carbons (Fsp3) is 0.568. The van der Waals surface area contributed by atoms with Crippen LogP contribution in [0.2, 0.25) is 0 Å². The first kappa shape index (κ1) is 30.1. The second kappa shape index (κ2) is 13.3. The van der Waals surface area contributed by atoms with E-state index in [1.165, 1.54) is 28.8 Å². The number of allylic oxidation sites excluding steroid dienone is 2. The highest BCUT2D eigenvalue weighted by atomic mass is 32.1. The summed E-state index contributed by atoms with van der Waals surface area (Å²) in [7, 11) is 0. The van der Waals surface area contributed by atoms with E-state index in [0.717, 1.165) is 72.9 Å². The molecule has 2 heterocycles. The van der Waals surface area contributed by atoms with Gasteiger partial charge < -0.3 is 0 Å². The molecule has 2 nitrogen and oxygen atoms in total. The Balaban J connectivity index is 1.21. The molecular weight excluding hydrogens is 525 g/mol. The zero-order chi connectivity index (χ0) is 29.0. The summed E-state index contributed by atoms with van der Waals surface area (Å²) in [6, 6.07) is 15.2. The highest BCUT2D eigenvalue weighted by Crippen LogP contribution is 2.39. The summed E-state index contributed by atoms with van der Waals surface area (Å²) < 4.78 is 13.8. The van der Waals surface area contributed by atoms with Crippen molar-refractivity contribution in [2.75, 3.05) is 0 Å². The molecule has 2 unspecified atom stereocenters. The molecule has 0 radical (unpaired) electrons. The minimum absolute atomic E-state index is 0.0137. The third kappa shape index (κ3) is 7.74. The van der Waals surface area contributed by atoms with E-state index in [1.54, 1.807) is 11.3 Å². The first-order chi connectivity index (χ1) is 19.7. The Kier molecular flexibility index (Phi) is 9.79. The van der Waals surface area contributed by atoms with Crippen LogP contribution < -0.4 is 0 Å². The average Bonchev–Trinajstić information content (AvgIpc) is 3.26. The van der Waals surface area contributed by atoms with Crippen LogP contribution in [0, 0.1) is 17.3 Å². The van der Waals surface area contributed by atoms with E-state index in [4.69, 9.17) is 4.98 Å². The molecule has 0 saturated carbocycles. The van der Waals surface area contributed by atoms with Crippen LogP contribution in [0.5, 0.6) is 0 Å². The fourth-order valence-electron chi connectivity index (χ4n) is 6.87. The summed E-state index contributed by atoms with van der Waals surface area (Å²) >= 11 is 1.58.